The molecule has 1 aliphatic carbocycles. The van der Waals surface area contributed by atoms with Gasteiger partial charge in [-0.05, 0) is 63.5 Å². The van der Waals surface area contributed by atoms with E-state index in [0.29, 0.717) is 34.6 Å². The van der Waals surface area contributed by atoms with Crippen LogP contribution in [0.5, 0.6) is 0 Å². The van der Waals surface area contributed by atoms with Crippen molar-refractivity contribution in [3.8, 4) is 0 Å². The predicted molar refractivity (Wildman–Crippen MR) is 111 cm³/mol. The third kappa shape index (κ3) is 4.00. The highest BCUT2D eigenvalue weighted by Crippen LogP contribution is 2.34. The van der Waals surface area contributed by atoms with E-state index in [9.17, 15) is 4.79 Å². The van der Waals surface area contributed by atoms with Gasteiger partial charge < -0.3 is 4.90 Å². The van der Waals surface area contributed by atoms with Gasteiger partial charge in [0.1, 0.15) is 0 Å². The van der Waals surface area contributed by atoms with E-state index in [1.165, 1.54) is 45.2 Å². The molecule has 2 aliphatic heterocycles. The molecular weight excluding hydrogens is 381 g/mol. The number of benzene rings is 1. The molecule has 1 aromatic rings. The van der Waals surface area contributed by atoms with Crippen molar-refractivity contribution >= 4 is 29.1 Å². The largest absolute Gasteiger partial charge is 0.335 e. The van der Waals surface area contributed by atoms with Crippen LogP contribution in [0.25, 0.3) is 0 Å². The van der Waals surface area contributed by atoms with Gasteiger partial charge in [-0.15, -0.1) is 0 Å². The van der Waals surface area contributed by atoms with Gasteiger partial charge in [0.15, 0.2) is 0 Å². The number of amides is 1. The van der Waals surface area contributed by atoms with Gasteiger partial charge in [-0.2, -0.15) is 0 Å². The van der Waals surface area contributed by atoms with E-state index >= 15 is 0 Å². The fourth-order valence-electron chi connectivity index (χ4n) is 5.30. The van der Waals surface area contributed by atoms with Crippen LogP contribution in [0.15, 0.2) is 18.2 Å². The van der Waals surface area contributed by atoms with Gasteiger partial charge in [-0.25, -0.2) is 0 Å². The van der Waals surface area contributed by atoms with E-state index in [-0.39, 0.29) is 5.91 Å². The summed E-state index contributed by atoms with van der Waals surface area (Å²) in [6.45, 7) is 4.15. The summed E-state index contributed by atoms with van der Waals surface area (Å²) in [6, 6.07) is 6.83. The van der Waals surface area contributed by atoms with Gasteiger partial charge in [0.05, 0.1) is 22.5 Å². The topological polar surface area (TPSA) is 26.8 Å². The highest BCUT2D eigenvalue weighted by molar-refractivity contribution is 6.42. The molecule has 6 heteroatoms. The van der Waals surface area contributed by atoms with Gasteiger partial charge in [-0.1, -0.05) is 35.7 Å². The molecule has 2 heterocycles. The molecule has 148 valence electrons. The van der Waals surface area contributed by atoms with E-state index in [4.69, 9.17) is 23.2 Å². The second-order valence-electron chi connectivity index (χ2n) is 8.29. The first-order valence-corrected chi connectivity index (χ1v) is 11.0. The Morgan fingerprint density at radius 1 is 1.00 bits per heavy atom. The summed E-state index contributed by atoms with van der Waals surface area (Å²) in [5.41, 5.74) is 0.943. The second kappa shape index (κ2) is 8.28. The van der Waals surface area contributed by atoms with Crippen LogP contribution in [0.3, 0.4) is 0 Å². The van der Waals surface area contributed by atoms with Crippen LogP contribution in [0.4, 0.5) is 0 Å². The van der Waals surface area contributed by atoms with Crippen molar-refractivity contribution in [2.75, 3.05) is 33.2 Å². The van der Waals surface area contributed by atoms with Crippen LogP contribution in [0.2, 0.25) is 10.0 Å². The Kier molecular flexibility index (Phi) is 5.98. The third-order valence-corrected chi connectivity index (χ3v) is 7.42. The molecule has 1 amide bonds. The first kappa shape index (κ1) is 19.5. The Morgan fingerprint density at radius 3 is 2.48 bits per heavy atom. The fraction of sp³-hybridized carbons (Fsp3) is 0.667. The summed E-state index contributed by atoms with van der Waals surface area (Å²) in [5, 5.41) is 1.06. The van der Waals surface area contributed by atoms with Crippen LogP contribution < -0.4 is 0 Å². The Bertz CT molecular complexity index is 692. The fourth-order valence-corrected chi connectivity index (χ4v) is 5.62. The number of nitrogens with zero attached hydrogens (tertiary/aromatic N) is 3. The molecule has 3 fully saturated rings. The number of fused-ring (bicyclic) bond motifs is 1. The molecule has 3 atom stereocenters. The summed E-state index contributed by atoms with van der Waals surface area (Å²) in [6.07, 6.45) is 6.66. The molecule has 0 unspecified atom stereocenters. The number of hydrogen-bond donors (Lipinski definition) is 0. The lowest BCUT2D eigenvalue weighted by atomic mass is 9.81. The van der Waals surface area contributed by atoms with E-state index in [2.05, 4.69) is 21.7 Å². The molecule has 0 N–H and O–H groups in total. The molecule has 0 spiro atoms. The van der Waals surface area contributed by atoms with Gasteiger partial charge in [0.2, 0.25) is 5.91 Å². The van der Waals surface area contributed by atoms with Gasteiger partial charge in [-0.3, -0.25) is 14.6 Å². The Labute approximate surface area is 172 Å². The third-order valence-electron chi connectivity index (χ3n) is 6.68. The predicted octanol–water partition coefficient (Wildman–Crippen LogP) is 3.70. The number of halogens is 2. The maximum atomic E-state index is 13.3. The van der Waals surface area contributed by atoms with Crippen molar-refractivity contribution < 1.29 is 4.79 Å². The zero-order valence-electron chi connectivity index (χ0n) is 16.0. The second-order valence-corrected chi connectivity index (χ2v) is 9.11. The molecule has 1 saturated carbocycles. The number of carbonyl (C=O) groups excluding carboxylic acids is 1. The number of rotatable bonds is 3. The molecule has 3 aliphatic rings. The molecule has 1 aromatic carbocycles. The average Bonchev–Trinajstić information content (AvgIpc) is 3.19. The quantitative estimate of drug-likeness (QED) is 0.761. The van der Waals surface area contributed by atoms with Crippen LogP contribution >= 0.6 is 23.2 Å². The Balaban J connectivity index is 1.55. The SMILES string of the molecule is CN1CCN(C(=O)Cc2ccc(Cl)c(Cl)c2)[C@H]2[C@@H]1CCC[C@@H]2N1CCCC1. The van der Waals surface area contributed by atoms with Crippen LogP contribution in [0, 0.1) is 0 Å². The lowest BCUT2D eigenvalue weighted by Gasteiger charge is -2.54. The van der Waals surface area contributed by atoms with Gasteiger partial charge in [0.25, 0.3) is 0 Å². The minimum absolute atomic E-state index is 0.225. The average molecular weight is 410 g/mol. The number of piperazine rings is 1. The highest BCUT2D eigenvalue weighted by atomic mass is 35.5. The summed E-state index contributed by atoms with van der Waals surface area (Å²) >= 11 is 12.2. The van der Waals surface area contributed by atoms with Crippen LogP contribution in [0.1, 0.15) is 37.7 Å². The molecular formula is C21H29Cl2N3O. The normalized spacial score (nSPS) is 29.7. The number of likely N-dealkylation sites (N-methyl/N-ethyl adjacent to an activating group) is 1. The minimum Gasteiger partial charge on any atom is -0.335 e. The van der Waals surface area contributed by atoms with Gasteiger partial charge >= 0.3 is 0 Å². The number of hydrogen-bond acceptors (Lipinski definition) is 3. The zero-order chi connectivity index (χ0) is 19.0. The number of carbonyl (C=O) groups is 1. The van der Waals surface area contributed by atoms with E-state index in [1.54, 1.807) is 6.07 Å². The van der Waals surface area contributed by atoms with Gasteiger partial charge in [0, 0.05) is 25.2 Å². The van der Waals surface area contributed by atoms with Crippen LogP contribution in [-0.4, -0.2) is 72.0 Å². The van der Waals surface area contributed by atoms with Crippen molar-refractivity contribution in [2.45, 2.75) is 56.7 Å². The van der Waals surface area contributed by atoms with E-state index in [0.717, 1.165) is 18.7 Å². The molecule has 4 rings (SSSR count). The zero-order valence-corrected chi connectivity index (χ0v) is 17.6. The maximum absolute atomic E-state index is 13.3. The Morgan fingerprint density at radius 2 is 1.74 bits per heavy atom. The first-order chi connectivity index (χ1) is 13.0. The number of likely N-dealkylation sites (tertiary alicyclic amines) is 1. The summed E-state index contributed by atoms with van der Waals surface area (Å²) in [5.74, 6) is 0.225. The molecule has 0 radical (unpaired) electrons. The van der Waals surface area contributed by atoms with Crippen molar-refractivity contribution in [1.29, 1.82) is 0 Å². The smallest absolute Gasteiger partial charge is 0.227 e. The molecule has 2 saturated heterocycles. The summed E-state index contributed by atoms with van der Waals surface area (Å²) < 4.78 is 0. The van der Waals surface area contributed by atoms with E-state index < -0.39 is 0 Å². The summed E-state index contributed by atoms with van der Waals surface area (Å²) in [7, 11) is 2.23. The van der Waals surface area contributed by atoms with Crippen molar-refractivity contribution in [3.05, 3.63) is 33.8 Å². The van der Waals surface area contributed by atoms with E-state index in [1.807, 2.05) is 12.1 Å². The standard InChI is InChI=1S/C21H29Cl2N3O/c1-24-11-12-26(20(27)14-15-7-8-16(22)17(23)13-15)21-18(24)5-4-6-19(21)25-9-2-3-10-25/h7-8,13,18-19,21H,2-6,9-12,14H2,1H3/t18-,19-,21-/m0/s1. The highest BCUT2D eigenvalue weighted by Gasteiger charge is 2.46. The van der Waals surface area contributed by atoms with Crippen molar-refractivity contribution in [1.82, 2.24) is 14.7 Å². The molecule has 0 bridgehead atoms. The monoisotopic (exact) mass is 409 g/mol. The van der Waals surface area contributed by atoms with Crippen molar-refractivity contribution in [3.63, 3.8) is 0 Å². The lowest BCUT2D eigenvalue weighted by molar-refractivity contribution is -0.142. The van der Waals surface area contributed by atoms with Crippen LogP contribution in [-0.2, 0) is 11.2 Å². The summed E-state index contributed by atoms with van der Waals surface area (Å²) in [4.78, 5) is 20.6. The first-order valence-electron chi connectivity index (χ1n) is 10.2. The molecule has 0 aromatic heterocycles. The van der Waals surface area contributed by atoms with Crippen molar-refractivity contribution in [2.24, 2.45) is 0 Å². The minimum atomic E-state index is 0.225. The molecule has 4 nitrogen and oxygen atoms in total. The maximum Gasteiger partial charge on any atom is 0.227 e. The molecule has 27 heavy (non-hydrogen) atoms. The lowest BCUT2D eigenvalue weighted by Crippen LogP contribution is -2.68. The Hall–Kier alpha value is -0.810.